The fraction of sp³-hybridized carbons (Fsp3) is 0.462. The van der Waals surface area contributed by atoms with Crippen molar-refractivity contribution >= 4 is 32.6 Å². The normalized spacial score (nSPS) is 12.0. The van der Waals surface area contributed by atoms with Gasteiger partial charge in [0.15, 0.2) is 5.13 Å². The minimum atomic E-state index is 0.0149. The van der Waals surface area contributed by atoms with E-state index in [-0.39, 0.29) is 11.3 Å². The summed E-state index contributed by atoms with van der Waals surface area (Å²) < 4.78 is 1.13. The van der Waals surface area contributed by atoms with Gasteiger partial charge in [0.2, 0.25) is 0 Å². The monoisotopic (exact) mass is 437 g/mol. The van der Waals surface area contributed by atoms with Crippen molar-refractivity contribution in [3.05, 3.63) is 58.7 Å². The lowest BCUT2D eigenvalue weighted by Gasteiger charge is -2.25. The van der Waals surface area contributed by atoms with Gasteiger partial charge in [-0.15, -0.1) is 0 Å². The number of aromatic nitrogens is 1. The van der Waals surface area contributed by atoms with E-state index in [1.54, 1.807) is 11.3 Å². The first-order valence-electron chi connectivity index (χ1n) is 11.2. The maximum Gasteiger partial charge on any atom is 0.260 e. The van der Waals surface area contributed by atoms with E-state index in [4.69, 9.17) is 4.98 Å². The predicted octanol–water partition coefficient (Wildman–Crippen LogP) is 6.20. The summed E-state index contributed by atoms with van der Waals surface area (Å²) in [6.07, 6.45) is 0. The molecule has 2 aromatic carbocycles. The Hall–Kier alpha value is -2.24. The first-order chi connectivity index (χ1) is 14.7. The minimum absolute atomic E-state index is 0.0149. The molecule has 0 aliphatic rings. The van der Waals surface area contributed by atoms with Crippen LogP contribution in [-0.2, 0) is 5.41 Å². The molecule has 0 bridgehead atoms. The number of hydrogen-bond donors (Lipinski definition) is 0. The van der Waals surface area contributed by atoms with Crippen LogP contribution in [0, 0.1) is 13.8 Å². The van der Waals surface area contributed by atoms with Crippen LogP contribution >= 0.6 is 11.3 Å². The molecule has 1 heterocycles. The molecule has 3 rings (SSSR count). The molecule has 0 N–H and O–H groups in total. The fourth-order valence-corrected chi connectivity index (χ4v) is 4.71. The fourth-order valence-electron chi connectivity index (χ4n) is 3.66. The summed E-state index contributed by atoms with van der Waals surface area (Å²) in [5.41, 5.74) is 5.41. The lowest BCUT2D eigenvalue weighted by molar-refractivity contribution is 0.0983. The Labute approximate surface area is 190 Å². The molecule has 0 saturated heterocycles. The molecule has 0 spiro atoms. The third-order valence-corrected chi connectivity index (χ3v) is 7.13. The second kappa shape index (κ2) is 9.49. The number of benzene rings is 2. The number of carbonyl (C=O) groups excluding carboxylic acids is 1. The van der Waals surface area contributed by atoms with Crippen LogP contribution in [0.25, 0.3) is 10.2 Å². The number of likely N-dealkylation sites (N-methyl/N-ethyl adjacent to an activating group) is 1. The van der Waals surface area contributed by atoms with E-state index in [1.807, 2.05) is 17.0 Å². The Morgan fingerprint density at radius 3 is 2.19 bits per heavy atom. The largest absolute Gasteiger partial charge is 0.302 e. The number of carbonyl (C=O) groups is 1. The maximum absolute atomic E-state index is 13.6. The summed E-state index contributed by atoms with van der Waals surface area (Å²) in [6, 6.07) is 12.3. The van der Waals surface area contributed by atoms with Crippen LogP contribution in [0.3, 0.4) is 0 Å². The van der Waals surface area contributed by atoms with E-state index >= 15 is 0 Å². The SMILES string of the molecule is CCN(CC)CCN(C(=O)c1ccc(C(C)(C)C)cc1)c1nc2c(C)c(C)ccc2s1. The summed E-state index contributed by atoms with van der Waals surface area (Å²) in [6.45, 7) is 18.5. The minimum Gasteiger partial charge on any atom is -0.302 e. The van der Waals surface area contributed by atoms with Gasteiger partial charge in [0.1, 0.15) is 0 Å². The third-order valence-electron chi connectivity index (χ3n) is 6.08. The number of thiazole rings is 1. The van der Waals surface area contributed by atoms with E-state index in [0.29, 0.717) is 12.1 Å². The van der Waals surface area contributed by atoms with Crippen LogP contribution < -0.4 is 4.90 Å². The van der Waals surface area contributed by atoms with E-state index in [9.17, 15) is 4.79 Å². The number of anilines is 1. The molecule has 0 atom stereocenters. The lowest BCUT2D eigenvalue weighted by Crippen LogP contribution is -2.38. The van der Waals surface area contributed by atoms with Crippen molar-refractivity contribution < 1.29 is 4.79 Å². The molecule has 3 aromatic rings. The van der Waals surface area contributed by atoms with Crippen molar-refractivity contribution in [2.45, 2.75) is 53.9 Å². The summed E-state index contributed by atoms with van der Waals surface area (Å²) in [7, 11) is 0. The Kier molecular flexibility index (Phi) is 7.17. The summed E-state index contributed by atoms with van der Waals surface area (Å²) >= 11 is 1.60. The number of nitrogens with zero attached hydrogens (tertiary/aromatic N) is 3. The highest BCUT2D eigenvalue weighted by molar-refractivity contribution is 7.22. The molecule has 0 unspecified atom stereocenters. The first kappa shape index (κ1) is 23.4. The second-order valence-electron chi connectivity index (χ2n) is 9.16. The van der Waals surface area contributed by atoms with Gasteiger partial charge >= 0.3 is 0 Å². The highest BCUT2D eigenvalue weighted by atomic mass is 32.1. The van der Waals surface area contributed by atoms with E-state index in [1.165, 1.54) is 16.7 Å². The van der Waals surface area contributed by atoms with Gasteiger partial charge in [-0.05, 0) is 67.2 Å². The number of hydrogen-bond acceptors (Lipinski definition) is 4. The van der Waals surface area contributed by atoms with Gasteiger partial charge in [-0.3, -0.25) is 9.69 Å². The molecular formula is C26H35N3OS. The maximum atomic E-state index is 13.6. The van der Waals surface area contributed by atoms with E-state index < -0.39 is 0 Å². The lowest BCUT2D eigenvalue weighted by atomic mass is 9.86. The van der Waals surface area contributed by atoms with Gasteiger partial charge in [-0.25, -0.2) is 4.98 Å². The Balaban J connectivity index is 1.98. The molecule has 5 heteroatoms. The van der Waals surface area contributed by atoms with Gasteiger partial charge in [0.25, 0.3) is 5.91 Å². The zero-order valence-corrected chi connectivity index (χ0v) is 20.8. The van der Waals surface area contributed by atoms with Gasteiger partial charge in [0.05, 0.1) is 10.2 Å². The van der Waals surface area contributed by atoms with Crippen LogP contribution in [-0.4, -0.2) is 42.0 Å². The molecule has 1 aromatic heterocycles. The van der Waals surface area contributed by atoms with Crippen molar-refractivity contribution in [1.29, 1.82) is 0 Å². The zero-order chi connectivity index (χ0) is 22.8. The van der Waals surface area contributed by atoms with Crippen molar-refractivity contribution in [3.8, 4) is 0 Å². The smallest absolute Gasteiger partial charge is 0.260 e. The third kappa shape index (κ3) is 5.16. The Morgan fingerprint density at radius 1 is 0.968 bits per heavy atom. The second-order valence-corrected chi connectivity index (χ2v) is 10.2. The molecule has 166 valence electrons. The zero-order valence-electron chi connectivity index (χ0n) is 20.0. The molecule has 0 fully saturated rings. The summed E-state index contributed by atoms with van der Waals surface area (Å²) in [5, 5.41) is 0.778. The van der Waals surface area contributed by atoms with Crippen LogP contribution in [0.15, 0.2) is 36.4 Å². The van der Waals surface area contributed by atoms with Crippen molar-refractivity contribution in [3.63, 3.8) is 0 Å². The van der Waals surface area contributed by atoms with Gasteiger partial charge in [-0.1, -0.05) is 64.2 Å². The summed E-state index contributed by atoms with van der Waals surface area (Å²) in [4.78, 5) is 22.7. The van der Waals surface area contributed by atoms with Gasteiger partial charge in [0, 0.05) is 18.7 Å². The first-order valence-corrected chi connectivity index (χ1v) is 12.0. The van der Waals surface area contributed by atoms with Crippen molar-refractivity contribution in [2.75, 3.05) is 31.1 Å². The van der Waals surface area contributed by atoms with Crippen LogP contribution in [0.4, 0.5) is 5.13 Å². The molecule has 0 aliphatic carbocycles. The van der Waals surface area contributed by atoms with Crippen LogP contribution in [0.2, 0.25) is 0 Å². The predicted molar refractivity (Wildman–Crippen MR) is 134 cm³/mol. The molecule has 0 radical (unpaired) electrons. The number of rotatable bonds is 7. The molecule has 1 amide bonds. The standard InChI is InChI=1S/C26H35N3OS/c1-8-28(9-2)16-17-29(24(30)20-11-13-21(14-12-20)26(5,6)7)25-27-23-19(4)18(3)10-15-22(23)31-25/h10-15H,8-9,16-17H2,1-7H3. The van der Waals surface area contributed by atoms with Crippen molar-refractivity contribution in [2.24, 2.45) is 0 Å². The highest BCUT2D eigenvalue weighted by Gasteiger charge is 2.23. The average molecular weight is 438 g/mol. The average Bonchev–Trinajstić information content (AvgIpc) is 3.18. The molecule has 0 saturated carbocycles. The number of amides is 1. The number of fused-ring (bicyclic) bond motifs is 1. The summed E-state index contributed by atoms with van der Waals surface area (Å²) in [5.74, 6) is 0.0149. The Bertz CT molecular complexity index is 1040. The topological polar surface area (TPSA) is 36.4 Å². The molecule has 0 aliphatic heterocycles. The van der Waals surface area contributed by atoms with Crippen LogP contribution in [0.1, 0.15) is 61.7 Å². The Morgan fingerprint density at radius 2 is 1.61 bits per heavy atom. The van der Waals surface area contributed by atoms with Crippen LogP contribution in [0.5, 0.6) is 0 Å². The van der Waals surface area contributed by atoms with Crippen molar-refractivity contribution in [1.82, 2.24) is 9.88 Å². The molecule has 4 nitrogen and oxygen atoms in total. The van der Waals surface area contributed by atoms with E-state index in [0.717, 1.165) is 35.0 Å². The molecular weight excluding hydrogens is 402 g/mol. The number of aryl methyl sites for hydroxylation is 2. The highest BCUT2D eigenvalue weighted by Crippen LogP contribution is 2.33. The van der Waals surface area contributed by atoms with Gasteiger partial charge < -0.3 is 4.90 Å². The quantitative estimate of drug-likeness (QED) is 0.441. The van der Waals surface area contributed by atoms with E-state index in [2.05, 4.69) is 77.6 Å². The van der Waals surface area contributed by atoms with Gasteiger partial charge in [-0.2, -0.15) is 0 Å². The molecule has 31 heavy (non-hydrogen) atoms.